The van der Waals surface area contributed by atoms with E-state index >= 15 is 0 Å². The van der Waals surface area contributed by atoms with Gasteiger partial charge in [-0.1, -0.05) is 6.07 Å². The summed E-state index contributed by atoms with van der Waals surface area (Å²) < 4.78 is 5.30. The Morgan fingerprint density at radius 3 is 3.00 bits per heavy atom. The molecule has 1 aromatic carbocycles. The van der Waals surface area contributed by atoms with Crippen LogP contribution in [0.2, 0.25) is 0 Å². The van der Waals surface area contributed by atoms with Crippen LogP contribution in [0.15, 0.2) is 35.0 Å². The first kappa shape index (κ1) is 9.42. The van der Waals surface area contributed by atoms with Gasteiger partial charge in [0.25, 0.3) is 5.91 Å². The van der Waals surface area contributed by atoms with Gasteiger partial charge in [-0.15, -0.1) is 0 Å². The van der Waals surface area contributed by atoms with Gasteiger partial charge >= 0.3 is 0 Å². The Labute approximate surface area is 96.7 Å². The molecule has 0 saturated heterocycles. The van der Waals surface area contributed by atoms with E-state index in [4.69, 9.17) is 4.74 Å². The Kier molecular flexibility index (Phi) is 2.15. The van der Waals surface area contributed by atoms with Gasteiger partial charge in [-0.3, -0.25) is 4.79 Å². The van der Waals surface area contributed by atoms with E-state index in [2.05, 4.69) is 16.8 Å². The molecule has 0 radical (unpaired) electrons. The summed E-state index contributed by atoms with van der Waals surface area (Å²) in [6.07, 6.45) is 0. The van der Waals surface area contributed by atoms with Gasteiger partial charge in [-0.2, -0.15) is 11.3 Å². The predicted octanol–water partition coefficient (Wildman–Crippen LogP) is 2.75. The lowest BCUT2D eigenvalue weighted by atomic mass is 10.1. The molecular formula is C12H9NO2S. The fourth-order valence-corrected chi connectivity index (χ4v) is 2.36. The number of nitrogens with one attached hydrogen (secondary N) is 1. The number of hydrogen-bond acceptors (Lipinski definition) is 3. The summed E-state index contributed by atoms with van der Waals surface area (Å²) in [5, 5.41) is 6.91. The van der Waals surface area contributed by atoms with Gasteiger partial charge in [0.1, 0.15) is 5.75 Å². The number of ether oxygens (including phenoxy) is 1. The Balaban J connectivity index is 2.04. The maximum Gasteiger partial charge on any atom is 0.262 e. The zero-order chi connectivity index (χ0) is 11.0. The summed E-state index contributed by atoms with van der Waals surface area (Å²) in [7, 11) is 0. The van der Waals surface area contributed by atoms with Crippen LogP contribution in [0.4, 0.5) is 5.69 Å². The van der Waals surface area contributed by atoms with Crippen molar-refractivity contribution in [2.24, 2.45) is 0 Å². The number of hydrogen-bond donors (Lipinski definition) is 1. The van der Waals surface area contributed by atoms with Crippen molar-refractivity contribution in [2.45, 2.75) is 0 Å². The van der Waals surface area contributed by atoms with E-state index < -0.39 is 0 Å². The monoisotopic (exact) mass is 231 g/mol. The minimum Gasteiger partial charge on any atom is -0.482 e. The third kappa shape index (κ3) is 1.57. The zero-order valence-corrected chi connectivity index (χ0v) is 9.21. The number of anilines is 1. The number of amides is 1. The highest BCUT2D eigenvalue weighted by Crippen LogP contribution is 2.33. The molecule has 1 aliphatic heterocycles. The molecule has 0 unspecified atom stereocenters. The molecule has 0 spiro atoms. The second kappa shape index (κ2) is 3.64. The second-order valence-electron chi connectivity index (χ2n) is 3.56. The predicted molar refractivity (Wildman–Crippen MR) is 63.9 cm³/mol. The molecule has 2 heterocycles. The highest BCUT2D eigenvalue weighted by molar-refractivity contribution is 7.08. The summed E-state index contributed by atoms with van der Waals surface area (Å²) >= 11 is 1.65. The van der Waals surface area contributed by atoms with E-state index in [-0.39, 0.29) is 12.5 Å². The number of benzene rings is 1. The zero-order valence-electron chi connectivity index (χ0n) is 8.40. The molecule has 3 nitrogen and oxygen atoms in total. The van der Waals surface area contributed by atoms with Crippen LogP contribution < -0.4 is 10.1 Å². The first-order chi connectivity index (χ1) is 7.83. The number of carbonyl (C=O) groups excluding carboxylic acids is 1. The summed E-state index contributed by atoms with van der Waals surface area (Å²) in [5.74, 6) is 0.633. The maximum atomic E-state index is 11.2. The van der Waals surface area contributed by atoms with Crippen molar-refractivity contribution < 1.29 is 9.53 Å². The van der Waals surface area contributed by atoms with E-state index in [1.54, 1.807) is 11.3 Å². The van der Waals surface area contributed by atoms with Crippen molar-refractivity contribution in [3.63, 3.8) is 0 Å². The summed E-state index contributed by atoms with van der Waals surface area (Å²) in [5.41, 5.74) is 3.00. The third-order valence-electron chi connectivity index (χ3n) is 2.47. The maximum absolute atomic E-state index is 11.2. The van der Waals surface area contributed by atoms with Crippen LogP contribution in [-0.4, -0.2) is 12.5 Å². The fourth-order valence-electron chi connectivity index (χ4n) is 1.69. The molecule has 0 atom stereocenters. The average Bonchev–Trinajstić information content (AvgIpc) is 2.81. The van der Waals surface area contributed by atoms with Gasteiger partial charge in [0.2, 0.25) is 0 Å². The number of rotatable bonds is 1. The van der Waals surface area contributed by atoms with Crippen molar-refractivity contribution in [1.29, 1.82) is 0 Å². The first-order valence-corrected chi connectivity index (χ1v) is 5.86. The van der Waals surface area contributed by atoms with Crippen molar-refractivity contribution in [3.8, 4) is 16.9 Å². The van der Waals surface area contributed by atoms with Crippen molar-refractivity contribution >= 4 is 22.9 Å². The van der Waals surface area contributed by atoms with Gasteiger partial charge in [-0.05, 0) is 40.1 Å². The summed E-state index contributed by atoms with van der Waals surface area (Å²) in [6.45, 7) is 0.102. The Morgan fingerprint density at radius 1 is 1.25 bits per heavy atom. The third-order valence-corrected chi connectivity index (χ3v) is 3.15. The number of fused-ring (bicyclic) bond motifs is 1. The Bertz CT molecular complexity index is 534. The average molecular weight is 231 g/mol. The lowest BCUT2D eigenvalue weighted by Crippen LogP contribution is -2.25. The highest BCUT2D eigenvalue weighted by Gasteiger charge is 2.16. The molecular weight excluding hydrogens is 222 g/mol. The van der Waals surface area contributed by atoms with E-state index in [0.29, 0.717) is 0 Å². The molecule has 2 aromatic rings. The fraction of sp³-hybridized carbons (Fsp3) is 0.0833. The lowest BCUT2D eigenvalue weighted by Gasteiger charge is -2.18. The standard InChI is InChI=1S/C12H9NO2S/c14-12-6-15-11-2-1-8(5-10(11)13-12)9-3-4-16-7-9/h1-5,7H,6H2,(H,13,14). The molecule has 1 amide bonds. The van der Waals surface area contributed by atoms with Crippen molar-refractivity contribution in [3.05, 3.63) is 35.0 Å². The van der Waals surface area contributed by atoms with E-state index in [1.165, 1.54) is 0 Å². The smallest absolute Gasteiger partial charge is 0.262 e. The molecule has 0 saturated carbocycles. The largest absolute Gasteiger partial charge is 0.482 e. The molecule has 1 N–H and O–H groups in total. The summed E-state index contributed by atoms with van der Waals surface area (Å²) in [4.78, 5) is 11.2. The van der Waals surface area contributed by atoms with Crippen molar-refractivity contribution in [2.75, 3.05) is 11.9 Å². The molecule has 16 heavy (non-hydrogen) atoms. The van der Waals surface area contributed by atoms with Crippen LogP contribution >= 0.6 is 11.3 Å². The Morgan fingerprint density at radius 2 is 2.19 bits per heavy atom. The van der Waals surface area contributed by atoms with Crippen LogP contribution in [0.25, 0.3) is 11.1 Å². The molecule has 3 rings (SSSR count). The van der Waals surface area contributed by atoms with Crippen LogP contribution in [0.5, 0.6) is 5.75 Å². The van der Waals surface area contributed by atoms with Crippen LogP contribution in [-0.2, 0) is 4.79 Å². The van der Waals surface area contributed by atoms with Crippen LogP contribution in [0.3, 0.4) is 0 Å². The molecule has 4 heteroatoms. The topological polar surface area (TPSA) is 38.3 Å². The number of thiophene rings is 1. The Hall–Kier alpha value is -1.81. The van der Waals surface area contributed by atoms with Crippen LogP contribution in [0, 0.1) is 0 Å². The minimum absolute atomic E-state index is 0.102. The van der Waals surface area contributed by atoms with E-state index in [9.17, 15) is 4.79 Å². The van der Waals surface area contributed by atoms with Gasteiger partial charge in [-0.25, -0.2) is 0 Å². The first-order valence-electron chi connectivity index (χ1n) is 4.92. The van der Waals surface area contributed by atoms with Gasteiger partial charge < -0.3 is 10.1 Å². The SMILES string of the molecule is O=C1COc2ccc(-c3ccsc3)cc2N1. The van der Waals surface area contributed by atoms with Gasteiger partial charge in [0, 0.05) is 0 Å². The molecule has 0 aliphatic carbocycles. The molecule has 1 aromatic heterocycles. The quantitative estimate of drug-likeness (QED) is 0.819. The van der Waals surface area contributed by atoms with E-state index in [0.717, 1.165) is 22.6 Å². The van der Waals surface area contributed by atoms with Gasteiger partial charge in [0.15, 0.2) is 6.61 Å². The minimum atomic E-state index is -0.102. The molecule has 80 valence electrons. The normalized spacial score (nSPS) is 13.9. The van der Waals surface area contributed by atoms with Gasteiger partial charge in [0.05, 0.1) is 5.69 Å². The van der Waals surface area contributed by atoms with E-state index in [1.807, 2.05) is 23.6 Å². The summed E-state index contributed by atoms with van der Waals surface area (Å²) in [6, 6.07) is 7.88. The molecule has 0 bridgehead atoms. The molecule has 0 fully saturated rings. The highest BCUT2D eigenvalue weighted by atomic mass is 32.1. The number of carbonyl (C=O) groups is 1. The van der Waals surface area contributed by atoms with Crippen LogP contribution in [0.1, 0.15) is 0 Å². The van der Waals surface area contributed by atoms with Crippen molar-refractivity contribution in [1.82, 2.24) is 0 Å². The lowest BCUT2D eigenvalue weighted by molar-refractivity contribution is -0.118. The second-order valence-corrected chi connectivity index (χ2v) is 4.34. The molecule has 1 aliphatic rings.